The van der Waals surface area contributed by atoms with Crippen LogP contribution in [-0.2, 0) is 6.54 Å². The molecule has 1 heterocycles. The van der Waals surface area contributed by atoms with E-state index < -0.39 is 0 Å². The SMILES string of the molecule is COc1ccc(CNc2nc(C)cc(C(=O)Nc3ccc(C)c(Cl)c3)n2)cc1. The first kappa shape index (κ1) is 19.6. The normalized spacial score (nSPS) is 10.4. The highest BCUT2D eigenvalue weighted by atomic mass is 35.5. The number of nitrogens with zero attached hydrogens (tertiary/aromatic N) is 2. The maximum Gasteiger partial charge on any atom is 0.274 e. The van der Waals surface area contributed by atoms with E-state index in [0.29, 0.717) is 28.9 Å². The summed E-state index contributed by atoms with van der Waals surface area (Å²) < 4.78 is 5.15. The first-order chi connectivity index (χ1) is 13.4. The first-order valence-corrected chi connectivity index (χ1v) is 9.12. The summed E-state index contributed by atoms with van der Waals surface area (Å²) in [7, 11) is 1.63. The summed E-state index contributed by atoms with van der Waals surface area (Å²) in [5.74, 6) is 0.867. The molecule has 0 aliphatic rings. The van der Waals surface area contributed by atoms with Crippen LogP contribution >= 0.6 is 11.6 Å². The number of anilines is 2. The van der Waals surface area contributed by atoms with E-state index in [0.717, 1.165) is 16.9 Å². The largest absolute Gasteiger partial charge is 0.497 e. The lowest BCUT2D eigenvalue weighted by molar-refractivity contribution is 0.102. The summed E-state index contributed by atoms with van der Waals surface area (Å²) in [6.07, 6.45) is 0. The van der Waals surface area contributed by atoms with Gasteiger partial charge >= 0.3 is 0 Å². The molecule has 1 aromatic heterocycles. The quantitative estimate of drug-likeness (QED) is 0.635. The molecule has 0 saturated carbocycles. The molecule has 1 amide bonds. The van der Waals surface area contributed by atoms with Gasteiger partial charge in [0.2, 0.25) is 5.95 Å². The van der Waals surface area contributed by atoms with E-state index in [4.69, 9.17) is 16.3 Å². The van der Waals surface area contributed by atoms with E-state index in [1.807, 2.05) is 44.2 Å². The Bertz CT molecular complexity index is 990. The van der Waals surface area contributed by atoms with E-state index in [-0.39, 0.29) is 11.6 Å². The standard InChI is InChI=1S/C21H21ClN4O2/c1-13-4-7-16(11-18(13)22)25-20(27)19-10-14(2)24-21(26-19)23-12-15-5-8-17(28-3)9-6-15/h4-11H,12H2,1-3H3,(H,25,27)(H,23,24,26). The molecule has 0 spiro atoms. The summed E-state index contributed by atoms with van der Waals surface area (Å²) >= 11 is 6.12. The van der Waals surface area contributed by atoms with Gasteiger partial charge in [-0.1, -0.05) is 29.8 Å². The molecule has 6 nitrogen and oxygen atoms in total. The first-order valence-electron chi connectivity index (χ1n) is 8.74. The molecular formula is C21H21ClN4O2. The second-order valence-electron chi connectivity index (χ2n) is 6.34. The number of halogens is 1. The Kier molecular flexibility index (Phi) is 6.11. The van der Waals surface area contributed by atoms with Crippen LogP contribution in [0.15, 0.2) is 48.5 Å². The van der Waals surface area contributed by atoms with Gasteiger partial charge in [0.15, 0.2) is 0 Å². The highest BCUT2D eigenvalue weighted by Gasteiger charge is 2.12. The number of nitrogens with one attached hydrogen (secondary N) is 2. The molecule has 0 aliphatic heterocycles. The summed E-state index contributed by atoms with van der Waals surface area (Å²) in [5.41, 5.74) is 3.58. The van der Waals surface area contributed by atoms with Gasteiger partial charge in [0, 0.05) is 22.9 Å². The van der Waals surface area contributed by atoms with Gasteiger partial charge in [0.1, 0.15) is 11.4 Å². The number of rotatable bonds is 6. The van der Waals surface area contributed by atoms with Crippen molar-refractivity contribution in [1.29, 1.82) is 0 Å². The fourth-order valence-electron chi connectivity index (χ4n) is 2.55. The minimum absolute atomic E-state index is 0.279. The average Bonchev–Trinajstić information content (AvgIpc) is 2.69. The number of amides is 1. The summed E-state index contributed by atoms with van der Waals surface area (Å²) in [6.45, 7) is 4.25. The lowest BCUT2D eigenvalue weighted by atomic mass is 10.2. The summed E-state index contributed by atoms with van der Waals surface area (Å²) in [6, 6.07) is 14.7. The van der Waals surface area contributed by atoms with E-state index in [9.17, 15) is 4.79 Å². The smallest absolute Gasteiger partial charge is 0.274 e. The van der Waals surface area contributed by atoms with Crippen molar-refractivity contribution in [3.8, 4) is 5.75 Å². The van der Waals surface area contributed by atoms with E-state index in [1.54, 1.807) is 25.3 Å². The zero-order valence-electron chi connectivity index (χ0n) is 15.9. The Morgan fingerprint density at radius 1 is 1.07 bits per heavy atom. The lowest BCUT2D eigenvalue weighted by Gasteiger charge is -2.10. The van der Waals surface area contributed by atoms with Gasteiger partial charge < -0.3 is 15.4 Å². The second kappa shape index (κ2) is 8.71. The number of hydrogen-bond acceptors (Lipinski definition) is 5. The number of methoxy groups -OCH3 is 1. The number of carbonyl (C=O) groups is 1. The molecule has 144 valence electrons. The number of aromatic nitrogens is 2. The average molecular weight is 397 g/mol. The number of hydrogen-bond donors (Lipinski definition) is 2. The maximum atomic E-state index is 12.6. The third-order valence-corrected chi connectivity index (χ3v) is 4.53. The van der Waals surface area contributed by atoms with Gasteiger partial charge in [0.05, 0.1) is 7.11 Å². The van der Waals surface area contributed by atoms with Crippen LogP contribution in [0.2, 0.25) is 5.02 Å². The van der Waals surface area contributed by atoms with Crippen molar-refractivity contribution in [3.05, 3.63) is 76.1 Å². The van der Waals surface area contributed by atoms with Crippen LogP contribution in [0, 0.1) is 13.8 Å². The van der Waals surface area contributed by atoms with Crippen molar-refractivity contribution in [1.82, 2.24) is 9.97 Å². The van der Waals surface area contributed by atoms with Crippen molar-refractivity contribution in [3.63, 3.8) is 0 Å². The lowest BCUT2D eigenvalue weighted by Crippen LogP contribution is -2.16. The van der Waals surface area contributed by atoms with Gasteiger partial charge in [-0.2, -0.15) is 0 Å². The van der Waals surface area contributed by atoms with Crippen molar-refractivity contribution >= 4 is 29.1 Å². The minimum atomic E-state index is -0.321. The molecule has 3 rings (SSSR count). The third kappa shape index (κ3) is 4.98. The predicted molar refractivity (Wildman–Crippen MR) is 111 cm³/mol. The Hall–Kier alpha value is -3.12. The molecule has 0 fully saturated rings. The van der Waals surface area contributed by atoms with Crippen LogP contribution in [0.3, 0.4) is 0 Å². The van der Waals surface area contributed by atoms with Crippen LogP contribution in [0.5, 0.6) is 5.75 Å². The Morgan fingerprint density at radius 3 is 2.50 bits per heavy atom. The van der Waals surface area contributed by atoms with Crippen molar-refractivity contribution in [2.75, 3.05) is 17.7 Å². The summed E-state index contributed by atoms with van der Waals surface area (Å²) in [5, 5.41) is 6.56. The van der Waals surface area contributed by atoms with E-state index in [1.165, 1.54) is 0 Å². The van der Waals surface area contributed by atoms with Crippen molar-refractivity contribution in [2.45, 2.75) is 20.4 Å². The Labute approximate surface area is 168 Å². The molecular weight excluding hydrogens is 376 g/mol. The molecule has 7 heteroatoms. The van der Waals surface area contributed by atoms with E-state index >= 15 is 0 Å². The van der Waals surface area contributed by atoms with Gasteiger partial charge in [0.25, 0.3) is 5.91 Å². The molecule has 0 unspecified atom stereocenters. The molecule has 0 bridgehead atoms. The second-order valence-corrected chi connectivity index (χ2v) is 6.75. The number of benzene rings is 2. The Morgan fingerprint density at radius 2 is 1.82 bits per heavy atom. The van der Waals surface area contributed by atoms with E-state index in [2.05, 4.69) is 20.6 Å². The highest BCUT2D eigenvalue weighted by Crippen LogP contribution is 2.20. The van der Waals surface area contributed by atoms with Crippen LogP contribution < -0.4 is 15.4 Å². The summed E-state index contributed by atoms with van der Waals surface area (Å²) in [4.78, 5) is 21.2. The van der Waals surface area contributed by atoms with Gasteiger partial charge in [-0.3, -0.25) is 4.79 Å². The zero-order chi connectivity index (χ0) is 20.1. The molecule has 0 saturated heterocycles. The van der Waals surface area contributed by atoms with Crippen LogP contribution in [0.25, 0.3) is 0 Å². The number of ether oxygens (including phenoxy) is 1. The zero-order valence-corrected chi connectivity index (χ0v) is 16.7. The monoisotopic (exact) mass is 396 g/mol. The van der Waals surface area contributed by atoms with Gasteiger partial charge in [-0.15, -0.1) is 0 Å². The van der Waals surface area contributed by atoms with Crippen molar-refractivity contribution < 1.29 is 9.53 Å². The molecule has 0 aliphatic carbocycles. The molecule has 3 aromatic rings. The maximum absolute atomic E-state index is 12.6. The molecule has 2 aromatic carbocycles. The van der Waals surface area contributed by atoms with Gasteiger partial charge in [-0.25, -0.2) is 9.97 Å². The van der Waals surface area contributed by atoms with Gasteiger partial charge in [-0.05, 0) is 55.3 Å². The van der Waals surface area contributed by atoms with Crippen LogP contribution in [0.1, 0.15) is 27.3 Å². The van der Waals surface area contributed by atoms with Crippen LogP contribution in [-0.4, -0.2) is 23.0 Å². The fourth-order valence-corrected chi connectivity index (χ4v) is 2.73. The number of aryl methyl sites for hydroxylation is 2. The Balaban J connectivity index is 1.70. The molecule has 2 N–H and O–H groups in total. The molecule has 28 heavy (non-hydrogen) atoms. The minimum Gasteiger partial charge on any atom is -0.497 e. The topological polar surface area (TPSA) is 76.1 Å². The van der Waals surface area contributed by atoms with Crippen LogP contribution in [0.4, 0.5) is 11.6 Å². The van der Waals surface area contributed by atoms with Crippen molar-refractivity contribution in [2.24, 2.45) is 0 Å². The molecule has 0 atom stereocenters. The predicted octanol–water partition coefficient (Wildman–Crippen LogP) is 4.62. The third-order valence-electron chi connectivity index (χ3n) is 4.13. The number of carbonyl (C=O) groups excluding carboxylic acids is 1. The highest BCUT2D eigenvalue weighted by molar-refractivity contribution is 6.31. The fraction of sp³-hybridized carbons (Fsp3) is 0.190. The molecule has 0 radical (unpaired) electrons.